The van der Waals surface area contributed by atoms with Crippen LogP contribution in [0.4, 0.5) is 5.69 Å². The monoisotopic (exact) mass is 314 g/mol. The number of rotatable bonds is 6. The molecule has 0 aliphatic carbocycles. The molecule has 22 heavy (non-hydrogen) atoms. The number of nitrogens with one attached hydrogen (secondary N) is 2. The molecule has 0 saturated carbocycles. The first-order chi connectivity index (χ1) is 10.7. The van der Waals surface area contributed by atoms with Gasteiger partial charge < -0.3 is 15.4 Å². The molecule has 2 aromatic carbocycles. The molecular formula is C18H22N2OS. The van der Waals surface area contributed by atoms with Crippen LogP contribution in [0, 0.1) is 0 Å². The molecule has 116 valence electrons. The summed E-state index contributed by atoms with van der Waals surface area (Å²) in [4.78, 5) is 0. The standard InChI is InChI=1S/C18H22N2OS/c1-14(2)16-10-6-7-11-17(16)21-13-12-19-18(22)20-15-8-4-3-5-9-15/h3-11,14H,12-13H2,1-2H3,(H2,19,20,22). The Labute approximate surface area is 137 Å². The van der Waals surface area contributed by atoms with Crippen molar-refractivity contribution in [3.8, 4) is 5.75 Å². The van der Waals surface area contributed by atoms with Crippen LogP contribution >= 0.6 is 12.2 Å². The van der Waals surface area contributed by atoms with Crippen molar-refractivity contribution in [3.63, 3.8) is 0 Å². The van der Waals surface area contributed by atoms with E-state index in [2.05, 4.69) is 30.5 Å². The van der Waals surface area contributed by atoms with E-state index in [-0.39, 0.29) is 0 Å². The summed E-state index contributed by atoms with van der Waals surface area (Å²) in [5, 5.41) is 6.88. The second-order valence-electron chi connectivity index (χ2n) is 5.29. The quantitative estimate of drug-likeness (QED) is 0.619. The largest absolute Gasteiger partial charge is 0.491 e. The summed E-state index contributed by atoms with van der Waals surface area (Å²) in [6, 6.07) is 18.0. The van der Waals surface area contributed by atoms with E-state index in [0.29, 0.717) is 24.2 Å². The third kappa shape index (κ3) is 5.04. The van der Waals surface area contributed by atoms with Crippen LogP contribution in [-0.2, 0) is 0 Å². The molecular weight excluding hydrogens is 292 g/mol. The van der Waals surface area contributed by atoms with Crippen LogP contribution in [0.3, 0.4) is 0 Å². The first-order valence-corrected chi connectivity index (χ1v) is 7.89. The van der Waals surface area contributed by atoms with Gasteiger partial charge in [-0.15, -0.1) is 0 Å². The van der Waals surface area contributed by atoms with Crippen molar-refractivity contribution >= 4 is 23.0 Å². The molecule has 0 atom stereocenters. The van der Waals surface area contributed by atoms with Crippen molar-refractivity contribution in [2.24, 2.45) is 0 Å². The Morgan fingerprint density at radius 2 is 1.73 bits per heavy atom. The lowest BCUT2D eigenvalue weighted by molar-refractivity contribution is 0.318. The number of para-hydroxylation sites is 2. The van der Waals surface area contributed by atoms with Gasteiger partial charge in [0.25, 0.3) is 0 Å². The fourth-order valence-electron chi connectivity index (χ4n) is 2.11. The molecule has 0 aliphatic heterocycles. The minimum absolute atomic E-state index is 0.449. The first-order valence-electron chi connectivity index (χ1n) is 7.48. The van der Waals surface area contributed by atoms with E-state index < -0.39 is 0 Å². The van der Waals surface area contributed by atoms with Gasteiger partial charge in [-0.25, -0.2) is 0 Å². The Bertz CT molecular complexity index is 599. The minimum atomic E-state index is 0.449. The van der Waals surface area contributed by atoms with E-state index in [1.165, 1.54) is 5.56 Å². The topological polar surface area (TPSA) is 33.3 Å². The average molecular weight is 314 g/mol. The Morgan fingerprint density at radius 3 is 2.45 bits per heavy atom. The summed E-state index contributed by atoms with van der Waals surface area (Å²) in [6.07, 6.45) is 0. The smallest absolute Gasteiger partial charge is 0.170 e. The van der Waals surface area contributed by atoms with Gasteiger partial charge in [0.05, 0.1) is 6.54 Å². The number of anilines is 1. The Balaban J connectivity index is 1.74. The molecule has 0 spiro atoms. The van der Waals surface area contributed by atoms with E-state index in [1.807, 2.05) is 48.5 Å². The van der Waals surface area contributed by atoms with Gasteiger partial charge in [-0.1, -0.05) is 50.2 Å². The van der Waals surface area contributed by atoms with Crippen LogP contribution in [0.25, 0.3) is 0 Å². The number of hydrogen-bond donors (Lipinski definition) is 2. The average Bonchev–Trinajstić information content (AvgIpc) is 2.53. The third-order valence-corrected chi connectivity index (χ3v) is 3.46. The van der Waals surface area contributed by atoms with E-state index >= 15 is 0 Å². The van der Waals surface area contributed by atoms with Crippen LogP contribution in [0.15, 0.2) is 54.6 Å². The summed E-state index contributed by atoms with van der Waals surface area (Å²) < 4.78 is 5.85. The summed E-state index contributed by atoms with van der Waals surface area (Å²) >= 11 is 5.26. The van der Waals surface area contributed by atoms with Gasteiger partial charge in [0, 0.05) is 5.69 Å². The summed E-state index contributed by atoms with van der Waals surface area (Å²) in [7, 11) is 0. The van der Waals surface area contributed by atoms with Gasteiger partial charge in [0.1, 0.15) is 12.4 Å². The van der Waals surface area contributed by atoms with Crippen molar-refractivity contribution in [2.75, 3.05) is 18.5 Å². The molecule has 2 rings (SSSR count). The van der Waals surface area contributed by atoms with Crippen molar-refractivity contribution in [1.29, 1.82) is 0 Å². The van der Waals surface area contributed by atoms with Crippen LogP contribution in [0.1, 0.15) is 25.3 Å². The molecule has 2 aromatic rings. The Kier molecular flexibility index (Phi) is 6.22. The predicted molar refractivity (Wildman–Crippen MR) is 96.7 cm³/mol. The van der Waals surface area contributed by atoms with Crippen molar-refractivity contribution in [2.45, 2.75) is 19.8 Å². The number of ether oxygens (including phenoxy) is 1. The van der Waals surface area contributed by atoms with E-state index in [0.717, 1.165) is 11.4 Å². The van der Waals surface area contributed by atoms with Crippen molar-refractivity contribution in [3.05, 3.63) is 60.2 Å². The van der Waals surface area contributed by atoms with Gasteiger partial charge in [-0.2, -0.15) is 0 Å². The van der Waals surface area contributed by atoms with Crippen molar-refractivity contribution < 1.29 is 4.74 Å². The third-order valence-electron chi connectivity index (χ3n) is 3.22. The first kappa shape index (κ1) is 16.3. The molecule has 0 radical (unpaired) electrons. The van der Waals surface area contributed by atoms with Gasteiger partial charge in [-0.3, -0.25) is 0 Å². The normalized spacial score (nSPS) is 10.3. The van der Waals surface area contributed by atoms with E-state index in [9.17, 15) is 0 Å². The fourth-order valence-corrected chi connectivity index (χ4v) is 2.33. The summed E-state index contributed by atoms with van der Waals surface area (Å²) in [5.74, 6) is 1.39. The molecule has 0 fully saturated rings. The lowest BCUT2D eigenvalue weighted by Gasteiger charge is -2.15. The molecule has 2 N–H and O–H groups in total. The zero-order chi connectivity index (χ0) is 15.8. The second kappa shape index (κ2) is 8.39. The van der Waals surface area contributed by atoms with Gasteiger partial charge >= 0.3 is 0 Å². The molecule has 0 aliphatic rings. The SMILES string of the molecule is CC(C)c1ccccc1OCCNC(=S)Nc1ccccc1. The molecule has 0 heterocycles. The zero-order valence-electron chi connectivity index (χ0n) is 13.0. The van der Waals surface area contributed by atoms with Gasteiger partial charge in [0.15, 0.2) is 5.11 Å². The molecule has 0 amide bonds. The zero-order valence-corrected chi connectivity index (χ0v) is 13.8. The summed E-state index contributed by atoms with van der Waals surface area (Å²) in [5.41, 5.74) is 2.21. The summed E-state index contributed by atoms with van der Waals surface area (Å²) in [6.45, 7) is 5.56. The molecule has 0 unspecified atom stereocenters. The fraction of sp³-hybridized carbons (Fsp3) is 0.278. The van der Waals surface area contributed by atoms with Gasteiger partial charge in [0.2, 0.25) is 0 Å². The van der Waals surface area contributed by atoms with Crippen LogP contribution in [0.5, 0.6) is 5.75 Å². The van der Waals surface area contributed by atoms with E-state index in [1.54, 1.807) is 0 Å². The lowest BCUT2D eigenvalue weighted by Crippen LogP contribution is -2.32. The van der Waals surface area contributed by atoms with Crippen LogP contribution < -0.4 is 15.4 Å². The van der Waals surface area contributed by atoms with Crippen LogP contribution in [0.2, 0.25) is 0 Å². The minimum Gasteiger partial charge on any atom is -0.491 e. The molecule has 3 nitrogen and oxygen atoms in total. The van der Waals surface area contributed by atoms with Crippen molar-refractivity contribution in [1.82, 2.24) is 5.32 Å². The highest BCUT2D eigenvalue weighted by molar-refractivity contribution is 7.80. The molecule has 0 aromatic heterocycles. The maximum absolute atomic E-state index is 5.85. The predicted octanol–water partition coefficient (Wildman–Crippen LogP) is 4.18. The highest BCUT2D eigenvalue weighted by Crippen LogP contribution is 2.25. The highest BCUT2D eigenvalue weighted by atomic mass is 32.1. The molecule has 0 bridgehead atoms. The Morgan fingerprint density at radius 1 is 1.05 bits per heavy atom. The van der Waals surface area contributed by atoms with Gasteiger partial charge in [-0.05, 0) is 41.9 Å². The lowest BCUT2D eigenvalue weighted by atomic mass is 10.0. The molecule has 0 saturated heterocycles. The maximum Gasteiger partial charge on any atom is 0.170 e. The number of benzene rings is 2. The van der Waals surface area contributed by atoms with E-state index in [4.69, 9.17) is 17.0 Å². The number of thiocarbonyl (C=S) groups is 1. The Hall–Kier alpha value is -2.07. The van der Waals surface area contributed by atoms with Crippen LogP contribution in [-0.4, -0.2) is 18.3 Å². The number of hydrogen-bond acceptors (Lipinski definition) is 2. The maximum atomic E-state index is 5.85. The molecule has 4 heteroatoms. The highest BCUT2D eigenvalue weighted by Gasteiger charge is 2.06. The second-order valence-corrected chi connectivity index (χ2v) is 5.70.